The number of hydrogen-bond donors (Lipinski definition) is 0. The van der Waals surface area contributed by atoms with Crippen LogP contribution in [-0.4, -0.2) is 14.8 Å². The summed E-state index contributed by atoms with van der Waals surface area (Å²) < 4.78 is 8.62. The van der Waals surface area contributed by atoms with Crippen LogP contribution in [0.3, 0.4) is 0 Å². The zero-order valence-electron chi connectivity index (χ0n) is 9.94. The second-order valence-electron chi connectivity index (χ2n) is 3.67. The molecule has 0 atom stereocenters. The Morgan fingerprint density at radius 3 is 2.94 bits per heavy atom. The summed E-state index contributed by atoms with van der Waals surface area (Å²) in [5, 5.41) is 4.89. The van der Waals surface area contributed by atoms with Crippen molar-refractivity contribution in [2.75, 3.05) is 0 Å². The second-order valence-corrected chi connectivity index (χ2v) is 5.08. The molecule has 0 radical (unpaired) electrons. The van der Waals surface area contributed by atoms with Crippen molar-refractivity contribution in [2.45, 2.75) is 25.4 Å². The lowest BCUT2D eigenvalue weighted by Crippen LogP contribution is -2.07. The minimum absolute atomic E-state index is 0.428. The van der Waals surface area contributed by atoms with E-state index < -0.39 is 0 Å². The van der Waals surface area contributed by atoms with Gasteiger partial charge in [-0.2, -0.15) is 5.10 Å². The summed E-state index contributed by atoms with van der Waals surface area (Å²) in [4.78, 5) is 4.17. The highest BCUT2D eigenvalue weighted by atomic mass is 79.9. The van der Waals surface area contributed by atoms with Crippen molar-refractivity contribution < 1.29 is 4.74 Å². The number of halogens is 2. The highest BCUT2D eigenvalue weighted by molar-refractivity contribution is 9.10. The first kappa shape index (κ1) is 13.5. The maximum Gasteiger partial charge on any atom is 0.164 e. The minimum atomic E-state index is 0.428. The lowest BCUT2D eigenvalue weighted by Gasteiger charge is -2.08. The van der Waals surface area contributed by atoms with E-state index in [9.17, 15) is 0 Å². The van der Waals surface area contributed by atoms with Crippen LogP contribution in [-0.2, 0) is 18.5 Å². The summed E-state index contributed by atoms with van der Waals surface area (Å²) in [5.41, 5.74) is 1.16. The average molecular weight is 375 g/mol. The molecule has 1 aromatic carbocycles. The standard InChI is InChI=1S/C12H13Br2N3O/c1-2-17-12(15-8-16-17)7-18-10-3-4-11(14)9(5-10)6-13/h3-5,8H,2,6-7H2,1H3. The first-order valence-corrected chi connectivity index (χ1v) is 7.50. The Labute approximate surface area is 123 Å². The maximum absolute atomic E-state index is 5.73. The SMILES string of the molecule is CCn1ncnc1COc1ccc(Br)c(CBr)c1. The fraction of sp³-hybridized carbons (Fsp3) is 0.333. The van der Waals surface area contributed by atoms with Gasteiger partial charge in [0.05, 0.1) is 0 Å². The number of ether oxygens (including phenoxy) is 1. The zero-order chi connectivity index (χ0) is 13.0. The molecule has 2 aromatic rings. The summed E-state index contributed by atoms with van der Waals surface area (Å²) >= 11 is 6.93. The van der Waals surface area contributed by atoms with E-state index in [1.807, 2.05) is 29.8 Å². The van der Waals surface area contributed by atoms with Crippen LogP contribution in [0.25, 0.3) is 0 Å². The van der Waals surface area contributed by atoms with Crippen LogP contribution in [0.2, 0.25) is 0 Å². The Hall–Kier alpha value is -0.880. The fourth-order valence-corrected chi connectivity index (χ4v) is 2.78. The third-order valence-electron chi connectivity index (χ3n) is 2.52. The molecular formula is C12H13Br2N3O. The third kappa shape index (κ3) is 3.11. The van der Waals surface area contributed by atoms with Crippen LogP contribution >= 0.6 is 31.9 Å². The van der Waals surface area contributed by atoms with E-state index in [1.165, 1.54) is 0 Å². The molecule has 0 fully saturated rings. The molecule has 0 aliphatic carbocycles. The van der Waals surface area contributed by atoms with Crippen molar-refractivity contribution in [1.82, 2.24) is 14.8 Å². The van der Waals surface area contributed by atoms with Gasteiger partial charge in [-0.15, -0.1) is 0 Å². The van der Waals surface area contributed by atoms with Crippen LogP contribution in [0.1, 0.15) is 18.3 Å². The van der Waals surface area contributed by atoms with Crippen molar-refractivity contribution in [2.24, 2.45) is 0 Å². The Bertz CT molecular complexity index is 528. The van der Waals surface area contributed by atoms with Crippen LogP contribution in [0.15, 0.2) is 29.0 Å². The molecule has 0 amide bonds. The summed E-state index contributed by atoms with van der Waals surface area (Å²) in [7, 11) is 0. The Morgan fingerprint density at radius 2 is 2.22 bits per heavy atom. The molecule has 0 saturated carbocycles. The molecule has 0 unspecified atom stereocenters. The largest absolute Gasteiger partial charge is 0.486 e. The molecule has 0 aliphatic heterocycles. The van der Waals surface area contributed by atoms with Crippen molar-refractivity contribution in [3.63, 3.8) is 0 Å². The monoisotopic (exact) mass is 373 g/mol. The van der Waals surface area contributed by atoms with Crippen LogP contribution in [0.5, 0.6) is 5.75 Å². The molecule has 1 aromatic heterocycles. The van der Waals surface area contributed by atoms with Crippen LogP contribution < -0.4 is 4.74 Å². The van der Waals surface area contributed by atoms with E-state index in [0.29, 0.717) is 6.61 Å². The number of aryl methyl sites for hydroxylation is 1. The second kappa shape index (κ2) is 6.33. The maximum atomic E-state index is 5.73. The normalized spacial score (nSPS) is 10.6. The molecule has 4 nitrogen and oxygen atoms in total. The quantitative estimate of drug-likeness (QED) is 0.751. The number of nitrogens with zero attached hydrogens (tertiary/aromatic N) is 3. The molecule has 0 bridgehead atoms. The van der Waals surface area contributed by atoms with E-state index in [1.54, 1.807) is 6.33 Å². The zero-order valence-corrected chi connectivity index (χ0v) is 13.1. The van der Waals surface area contributed by atoms with Gasteiger partial charge < -0.3 is 4.74 Å². The van der Waals surface area contributed by atoms with Gasteiger partial charge in [-0.1, -0.05) is 31.9 Å². The van der Waals surface area contributed by atoms with Crippen molar-refractivity contribution >= 4 is 31.9 Å². The third-order valence-corrected chi connectivity index (χ3v) is 3.90. The lowest BCUT2D eigenvalue weighted by atomic mass is 10.2. The van der Waals surface area contributed by atoms with Gasteiger partial charge in [-0.3, -0.25) is 0 Å². The van der Waals surface area contributed by atoms with Crippen molar-refractivity contribution in [3.8, 4) is 5.75 Å². The topological polar surface area (TPSA) is 39.9 Å². The smallest absolute Gasteiger partial charge is 0.164 e. The average Bonchev–Trinajstić information content (AvgIpc) is 2.85. The Kier molecular flexibility index (Phi) is 4.77. The molecular weight excluding hydrogens is 362 g/mol. The molecule has 0 aliphatic rings. The summed E-state index contributed by atoms with van der Waals surface area (Å²) in [6.45, 7) is 3.25. The highest BCUT2D eigenvalue weighted by Crippen LogP contribution is 2.24. The van der Waals surface area contributed by atoms with Crippen LogP contribution in [0, 0.1) is 0 Å². The first-order chi connectivity index (χ1) is 8.74. The van der Waals surface area contributed by atoms with E-state index in [4.69, 9.17) is 4.74 Å². The molecule has 2 rings (SSSR count). The summed E-state index contributed by atoms with van der Waals surface area (Å²) in [5.74, 6) is 1.67. The van der Waals surface area contributed by atoms with Gasteiger partial charge in [-0.25, -0.2) is 9.67 Å². The van der Waals surface area contributed by atoms with Gasteiger partial charge in [0.15, 0.2) is 5.82 Å². The predicted molar refractivity (Wildman–Crippen MR) is 76.8 cm³/mol. The van der Waals surface area contributed by atoms with Crippen LogP contribution in [0.4, 0.5) is 0 Å². The summed E-state index contributed by atoms with van der Waals surface area (Å²) in [6, 6.07) is 5.92. The van der Waals surface area contributed by atoms with E-state index >= 15 is 0 Å². The van der Waals surface area contributed by atoms with E-state index in [2.05, 4.69) is 41.9 Å². The molecule has 0 saturated heterocycles. The van der Waals surface area contributed by atoms with E-state index in [0.717, 1.165) is 33.5 Å². The highest BCUT2D eigenvalue weighted by Gasteiger charge is 2.05. The number of alkyl halides is 1. The number of hydrogen-bond acceptors (Lipinski definition) is 3. The van der Waals surface area contributed by atoms with Gasteiger partial charge >= 0.3 is 0 Å². The van der Waals surface area contributed by atoms with Gasteiger partial charge in [0.25, 0.3) is 0 Å². The van der Waals surface area contributed by atoms with Crippen molar-refractivity contribution in [3.05, 3.63) is 40.4 Å². The van der Waals surface area contributed by atoms with Gasteiger partial charge in [0.2, 0.25) is 0 Å². The number of aromatic nitrogens is 3. The van der Waals surface area contributed by atoms with Crippen molar-refractivity contribution in [1.29, 1.82) is 0 Å². The van der Waals surface area contributed by atoms with Gasteiger partial charge in [0, 0.05) is 16.3 Å². The number of benzene rings is 1. The lowest BCUT2D eigenvalue weighted by molar-refractivity contribution is 0.287. The first-order valence-electron chi connectivity index (χ1n) is 5.58. The number of rotatable bonds is 5. The molecule has 18 heavy (non-hydrogen) atoms. The molecule has 96 valence electrons. The van der Waals surface area contributed by atoms with Gasteiger partial charge in [-0.05, 0) is 30.7 Å². The van der Waals surface area contributed by atoms with Gasteiger partial charge in [0.1, 0.15) is 18.7 Å². The molecule has 0 spiro atoms. The predicted octanol–water partition coefficient (Wildman–Crippen LogP) is 3.53. The molecule has 1 heterocycles. The summed E-state index contributed by atoms with van der Waals surface area (Å²) in [6.07, 6.45) is 1.55. The Morgan fingerprint density at radius 1 is 1.39 bits per heavy atom. The Balaban J connectivity index is 2.06. The minimum Gasteiger partial charge on any atom is -0.486 e. The molecule has 6 heteroatoms. The fourth-order valence-electron chi connectivity index (χ4n) is 1.56. The van der Waals surface area contributed by atoms with E-state index in [-0.39, 0.29) is 0 Å². The molecule has 0 N–H and O–H groups in total.